The van der Waals surface area contributed by atoms with Gasteiger partial charge in [0, 0.05) is 18.2 Å². The lowest BCUT2D eigenvalue weighted by molar-refractivity contribution is 0.306. The summed E-state index contributed by atoms with van der Waals surface area (Å²) >= 11 is 0. The second-order valence-electron chi connectivity index (χ2n) is 6.39. The molecule has 0 bridgehead atoms. The molecule has 11 heteroatoms. The van der Waals surface area contributed by atoms with Gasteiger partial charge in [0.15, 0.2) is 11.5 Å². The number of hydrogen-bond donors (Lipinski definition) is 1. The minimum atomic E-state index is -3.76. The van der Waals surface area contributed by atoms with E-state index >= 15 is 0 Å². The predicted molar refractivity (Wildman–Crippen MR) is 110 cm³/mol. The van der Waals surface area contributed by atoms with Gasteiger partial charge in [-0.2, -0.15) is 4.52 Å². The standard InChI is InChI=1S/C20H18FN5O4S/c1-29-16-6-2-14(3-7-16)20-24-23-18-10-11-19(25-26(18)20)30-13-12-22-31(27,28)17-8-4-15(21)5-9-17/h2-11,22H,12-13H2,1H3. The van der Waals surface area contributed by atoms with Gasteiger partial charge in [-0.1, -0.05) is 0 Å². The van der Waals surface area contributed by atoms with Crippen molar-refractivity contribution in [3.8, 4) is 23.0 Å². The monoisotopic (exact) mass is 443 g/mol. The van der Waals surface area contributed by atoms with Gasteiger partial charge in [-0.05, 0) is 54.6 Å². The molecule has 160 valence electrons. The van der Waals surface area contributed by atoms with E-state index in [0.717, 1.165) is 23.4 Å². The Kier molecular flexibility index (Phi) is 5.78. The Morgan fingerprint density at radius 2 is 1.74 bits per heavy atom. The van der Waals surface area contributed by atoms with Crippen LogP contribution in [0.3, 0.4) is 0 Å². The van der Waals surface area contributed by atoms with Crippen LogP contribution in [-0.2, 0) is 10.0 Å². The van der Waals surface area contributed by atoms with Gasteiger partial charge in [0.25, 0.3) is 0 Å². The average molecular weight is 443 g/mol. The van der Waals surface area contributed by atoms with Gasteiger partial charge < -0.3 is 9.47 Å². The van der Waals surface area contributed by atoms with Gasteiger partial charge >= 0.3 is 0 Å². The van der Waals surface area contributed by atoms with Crippen LogP contribution in [0.25, 0.3) is 17.0 Å². The number of benzene rings is 2. The molecular weight excluding hydrogens is 425 g/mol. The Morgan fingerprint density at radius 1 is 1.00 bits per heavy atom. The van der Waals surface area contributed by atoms with E-state index in [2.05, 4.69) is 20.0 Å². The molecule has 0 saturated heterocycles. The highest BCUT2D eigenvalue weighted by molar-refractivity contribution is 7.89. The van der Waals surface area contributed by atoms with Crippen molar-refractivity contribution in [2.75, 3.05) is 20.3 Å². The van der Waals surface area contributed by atoms with Crippen LogP contribution < -0.4 is 14.2 Å². The first-order valence-corrected chi connectivity index (χ1v) is 10.7. The Bertz CT molecular complexity index is 1290. The third-order valence-electron chi connectivity index (χ3n) is 4.35. The normalized spacial score (nSPS) is 11.5. The van der Waals surface area contributed by atoms with E-state index in [-0.39, 0.29) is 23.9 Å². The van der Waals surface area contributed by atoms with Crippen molar-refractivity contribution >= 4 is 15.7 Å². The molecule has 31 heavy (non-hydrogen) atoms. The summed E-state index contributed by atoms with van der Waals surface area (Å²) in [6.45, 7) is 0.0475. The highest BCUT2D eigenvalue weighted by Gasteiger charge is 2.14. The van der Waals surface area contributed by atoms with Crippen molar-refractivity contribution in [3.05, 3.63) is 66.5 Å². The highest BCUT2D eigenvalue weighted by atomic mass is 32.2. The molecule has 2 heterocycles. The van der Waals surface area contributed by atoms with Crippen molar-refractivity contribution in [1.29, 1.82) is 0 Å². The van der Waals surface area contributed by atoms with Crippen LogP contribution in [0.2, 0.25) is 0 Å². The summed E-state index contributed by atoms with van der Waals surface area (Å²) in [5.41, 5.74) is 1.33. The molecule has 4 aromatic rings. The molecule has 0 fully saturated rings. The molecule has 0 spiro atoms. The maximum atomic E-state index is 13.0. The lowest BCUT2D eigenvalue weighted by Gasteiger charge is -2.08. The van der Waals surface area contributed by atoms with Crippen LogP contribution in [0.1, 0.15) is 0 Å². The largest absolute Gasteiger partial charge is 0.497 e. The molecule has 0 atom stereocenters. The zero-order valence-electron chi connectivity index (χ0n) is 16.4. The fraction of sp³-hybridized carbons (Fsp3) is 0.150. The van der Waals surface area contributed by atoms with Gasteiger partial charge in [0.1, 0.15) is 18.2 Å². The molecule has 2 aromatic heterocycles. The summed E-state index contributed by atoms with van der Waals surface area (Å²) in [5.74, 6) is 1.02. The number of fused-ring (bicyclic) bond motifs is 1. The van der Waals surface area contributed by atoms with Gasteiger partial charge in [-0.3, -0.25) is 0 Å². The SMILES string of the molecule is COc1ccc(-c2nnc3ccc(OCCNS(=O)(=O)c4ccc(F)cc4)nn23)cc1. The van der Waals surface area contributed by atoms with Gasteiger partial charge in [-0.15, -0.1) is 15.3 Å². The molecule has 0 amide bonds. The van der Waals surface area contributed by atoms with Crippen LogP contribution in [0.15, 0.2) is 65.6 Å². The molecule has 0 saturated carbocycles. The van der Waals surface area contributed by atoms with Crippen molar-refractivity contribution in [2.45, 2.75) is 4.90 Å². The van der Waals surface area contributed by atoms with Crippen molar-refractivity contribution in [2.24, 2.45) is 0 Å². The molecule has 0 aliphatic carbocycles. The smallest absolute Gasteiger partial charge is 0.240 e. The number of halogens is 1. The molecule has 4 rings (SSSR count). The van der Waals surface area contributed by atoms with Crippen molar-refractivity contribution < 1.29 is 22.3 Å². The third-order valence-corrected chi connectivity index (χ3v) is 5.83. The van der Waals surface area contributed by atoms with Crippen LogP contribution in [0, 0.1) is 5.82 Å². The number of nitrogens with one attached hydrogen (secondary N) is 1. The number of rotatable bonds is 8. The van der Waals surface area contributed by atoms with E-state index < -0.39 is 15.8 Å². The van der Waals surface area contributed by atoms with Crippen molar-refractivity contribution in [1.82, 2.24) is 24.5 Å². The van der Waals surface area contributed by atoms with E-state index in [0.29, 0.717) is 11.5 Å². The second-order valence-corrected chi connectivity index (χ2v) is 8.16. The zero-order chi connectivity index (χ0) is 21.8. The average Bonchev–Trinajstić information content (AvgIpc) is 3.20. The van der Waals surface area contributed by atoms with E-state index in [4.69, 9.17) is 9.47 Å². The minimum absolute atomic E-state index is 0.00689. The first-order chi connectivity index (χ1) is 15.0. The summed E-state index contributed by atoms with van der Waals surface area (Å²) in [7, 11) is -2.17. The topological polar surface area (TPSA) is 108 Å². The molecule has 0 unspecified atom stereocenters. The van der Waals surface area contributed by atoms with Gasteiger partial charge in [-0.25, -0.2) is 17.5 Å². The molecule has 0 radical (unpaired) electrons. The lowest BCUT2D eigenvalue weighted by atomic mass is 10.2. The lowest BCUT2D eigenvalue weighted by Crippen LogP contribution is -2.28. The summed E-state index contributed by atoms with van der Waals surface area (Å²) < 4.78 is 52.1. The Hall–Kier alpha value is -3.57. The Labute approximate surface area is 177 Å². The number of sulfonamides is 1. The summed E-state index contributed by atoms with van der Waals surface area (Å²) in [5, 5.41) is 12.6. The molecular formula is C20H18FN5O4S. The first-order valence-electron chi connectivity index (χ1n) is 9.21. The maximum absolute atomic E-state index is 13.0. The molecule has 1 N–H and O–H groups in total. The van der Waals surface area contributed by atoms with Gasteiger partial charge in [0.05, 0.1) is 12.0 Å². The first kappa shape index (κ1) is 20.7. The maximum Gasteiger partial charge on any atom is 0.240 e. The van der Waals surface area contributed by atoms with Crippen LogP contribution in [0.5, 0.6) is 11.6 Å². The van der Waals surface area contributed by atoms with Crippen LogP contribution in [0.4, 0.5) is 4.39 Å². The van der Waals surface area contributed by atoms with Crippen molar-refractivity contribution in [3.63, 3.8) is 0 Å². The predicted octanol–water partition coefficient (Wildman–Crippen LogP) is 2.30. The summed E-state index contributed by atoms with van der Waals surface area (Å²) in [6.07, 6.45) is 0. The zero-order valence-corrected chi connectivity index (χ0v) is 17.2. The number of ether oxygens (including phenoxy) is 2. The summed E-state index contributed by atoms with van der Waals surface area (Å²) in [6, 6.07) is 15.2. The van der Waals surface area contributed by atoms with E-state index in [1.54, 1.807) is 23.8 Å². The van der Waals surface area contributed by atoms with E-state index in [9.17, 15) is 12.8 Å². The molecule has 0 aliphatic rings. The highest BCUT2D eigenvalue weighted by Crippen LogP contribution is 2.21. The Morgan fingerprint density at radius 3 is 2.45 bits per heavy atom. The number of nitrogens with zero attached hydrogens (tertiary/aromatic N) is 4. The molecule has 9 nitrogen and oxygen atoms in total. The third kappa shape index (κ3) is 4.62. The minimum Gasteiger partial charge on any atom is -0.497 e. The fourth-order valence-corrected chi connectivity index (χ4v) is 3.81. The number of aromatic nitrogens is 4. The van der Waals surface area contributed by atoms with Crippen LogP contribution in [-0.4, -0.2) is 48.5 Å². The number of hydrogen-bond acceptors (Lipinski definition) is 7. The van der Waals surface area contributed by atoms with Gasteiger partial charge in [0.2, 0.25) is 15.9 Å². The Balaban J connectivity index is 1.42. The summed E-state index contributed by atoms with van der Waals surface area (Å²) in [4.78, 5) is -0.0259. The van der Waals surface area contributed by atoms with E-state index in [1.807, 2.05) is 24.3 Å². The molecule has 2 aromatic carbocycles. The molecule has 0 aliphatic heterocycles. The fourth-order valence-electron chi connectivity index (χ4n) is 2.80. The van der Waals surface area contributed by atoms with E-state index in [1.165, 1.54) is 12.1 Å². The number of methoxy groups -OCH3 is 1. The second kappa shape index (κ2) is 8.66. The quantitative estimate of drug-likeness (QED) is 0.416. The van der Waals surface area contributed by atoms with Crippen LogP contribution >= 0.6 is 0 Å².